The number of nitrogens with zero attached hydrogens (tertiary/aromatic N) is 3. The number of hydrogen-bond donors (Lipinski definition) is 2. The van der Waals surface area contributed by atoms with E-state index >= 15 is 0 Å². The number of β-amino-alcohol motifs (C(OH)–C–C–N with tert-alkyl or cyclic N) is 1. The molecule has 2 heterocycles. The number of amides is 2. The van der Waals surface area contributed by atoms with Gasteiger partial charge in [0.1, 0.15) is 18.2 Å². The van der Waals surface area contributed by atoms with Crippen LogP contribution in [0.15, 0.2) is 42.6 Å². The molecule has 2 amide bonds. The molecule has 130 valence electrons. The Morgan fingerprint density at radius 2 is 2.20 bits per heavy atom. The SMILES string of the molecule is O=C(Nc1ccnc(COc2ccccc2)n1)N1CC[C@@H]2C[C@]2(O)C1. The van der Waals surface area contributed by atoms with Gasteiger partial charge < -0.3 is 14.7 Å². The summed E-state index contributed by atoms with van der Waals surface area (Å²) in [6, 6.07) is 10.8. The summed E-state index contributed by atoms with van der Waals surface area (Å²) in [5.41, 5.74) is -0.671. The van der Waals surface area contributed by atoms with Crippen molar-refractivity contribution < 1.29 is 14.6 Å². The number of anilines is 1. The number of urea groups is 1. The Labute approximate surface area is 145 Å². The van der Waals surface area contributed by atoms with Crippen molar-refractivity contribution in [1.29, 1.82) is 0 Å². The fourth-order valence-electron chi connectivity index (χ4n) is 3.22. The van der Waals surface area contributed by atoms with E-state index in [9.17, 15) is 9.90 Å². The van der Waals surface area contributed by atoms with E-state index < -0.39 is 5.60 Å². The summed E-state index contributed by atoms with van der Waals surface area (Å²) in [5.74, 6) is 2.01. The number of para-hydroxylation sites is 1. The molecule has 0 unspecified atom stereocenters. The molecule has 7 heteroatoms. The number of piperidine rings is 1. The highest BCUT2D eigenvalue weighted by molar-refractivity contribution is 5.88. The third-order valence-corrected chi connectivity index (χ3v) is 4.75. The van der Waals surface area contributed by atoms with Crippen LogP contribution in [0.1, 0.15) is 18.7 Å². The minimum absolute atomic E-state index is 0.221. The van der Waals surface area contributed by atoms with E-state index in [0.29, 0.717) is 30.6 Å². The average Bonchev–Trinajstić information content (AvgIpc) is 3.32. The van der Waals surface area contributed by atoms with Gasteiger partial charge in [-0.25, -0.2) is 14.8 Å². The zero-order chi connectivity index (χ0) is 17.3. The van der Waals surface area contributed by atoms with E-state index in [1.54, 1.807) is 17.2 Å². The molecule has 1 saturated carbocycles. The molecule has 0 radical (unpaired) electrons. The molecule has 2 aliphatic rings. The number of benzene rings is 1. The van der Waals surface area contributed by atoms with Crippen molar-refractivity contribution in [2.75, 3.05) is 18.4 Å². The van der Waals surface area contributed by atoms with E-state index in [-0.39, 0.29) is 12.6 Å². The van der Waals surface area contributed by atoms with Gasteiger partial charge in [0.2, 0.25) is 0 Å². The van der Waals surface area contributed by atoms with Gasteiger partial charge in [-0.05, 0) is 37.0 Å². The summed E-state index contributed by atoms with van der Waals surface area (Å²) in [7, 11) is 0. The fraction of sp³-hybridized carbons (Fsp3) is 0.389. The summed E-state index contributed by atoms with van der Waals surface area (Å²) >= 11 is 0. The number of likely N-dealkylation sites (tertiary alicyclic amines) is 1. The second-order valence-electron chi connectivity index (χ2n) is 6.60. The van der Waals surface area contributed by atoms with E-state index in [1.807, 2.05) is 30.3 Å². The van der Waals surface area contributed by atoms with Crippen molar-refractivity contribution in [2.45, 2.75) is 25.0 Å². The number of fused-ring (bicyclic) bond motifs is 1. The number of hydrogen-bond acceptors (Lipinski definition) is 5. The highest BCUT2D eigenvalue weighted by Crippen LogP contribution is 2.49. The maximum absolute atomic E-state index is 12.4. The summed E-state index contributed by atoms with van der Waals surface area (Å²) < 4.78 is 5.62. The summed E-state index contributed by atoms with van der Waals surface area (Å²) in [6.45, 7) is 1.27. The molecular formula is C18H20N4O3. The Morgan fingerprint density at radius 3 is 3.00 bits per heavy atom. The van der Waals surface area contributed by atoms with Gasteiger partial charge in [-0.15, -0.1) is 0 Å². The molecule has 2 aromatic rings. The topological polar surface area (TPSA) is 87.6 Å². The van der Waals surface area contributed by atoms with E-state index in [2.05, 4.69) is 15.3 Å². The van der Waals surface area contributed by atoms with Gasteiger partial charge in [0.15, 0.2) is 5.82 Å². The molecule has 7 nitrogen and oxygen atoms in total. The smallest absolute Gasteiger partial charge is 0.323 e. The van der Waals surface area contributed by atoms with Gasteiger partial charge in [-0.1, -0.05) is 18.2 Å². The summed E-state index contributed by atoms with van der Waals surface area (Å²) in [5, 5.41) is 13.0. The predicted molar refractivity (Wildman–Crippen MR) is 91.1 cm³/mol. The van der Waals surface area contributed by atoms with Crippen LogP contribution in [0.2, 0.25) is 0 Å². The molecule has 2 atom stereocenters. The maximum Gasteiger partial charge on any atom is 0.323 e. The molecule has 0 bridgehead atoms. The van der Waals surface area contributed by atoms with Crippen LogP contribution in [-0.2, 0) is 6.61 Å². The van der Waals surface area contributed by atoms with Crippen molar-refractivity contribution in [1.82, 2.24) is 14.9 Å². The first-order valence-electron chi connectivity index (χ1n) is 8.40. The number of carbonyl (C=O) groups is 1. The lowest BCUT2D eigenvalue weighted by Gasteiger charge is -2.29. The Kier molecular flexibility index (Phi) is 4.01. The normalized spacial score (nSPS) is 24.4. The number of carbonyl (C=O) groups excluding carboxylic acids is 1. The van der Waals surface area contributed by atoms with Crippen molar-refractivity contribution in [3.05, 3.63) is 48.4 Å². The highest BCUT2D eigenvalue weighted by atomic mass is 16.5. The Bertz CT molecular complexity index is 770. The Morgan fingerprint density at radius 1 is 1.36 bits per heavy atom. The first kappa shape index (κ1) is 15.8. The monoisotopic (exact) mass is 340 g/mol. The molecule has 4 rings (SSSR count). The molecule has 0 spiro atoms. The number of aliphatic hydroxyl groups is 1. The average molecular weight is 340 g/mol. The summed E-state index contributed by atoms with van der Waals surface area (Å²) in [6.07, 6.45) is 3.24. The minimum atomic E-state index is -0.671. The molecule has 1 aromatic heterocycles. The van der Waals surface area contributed by atoms with Crippen LogP contribution in [0.5, 0.6) is 5.75 Å². The zero-order valence-electron chi connectivity index (χ0n) is 13.8. The van der Waals surface area contributed by atoms with Crippen molar-refractivity contribution in [3.63, 3.8) is 0 Å². The molecular weight excluding hydrogens is 320 g/mol. The third-order valence-electron chi connectivity index (χ3n) is 4.75. The van der Waals surface area contributed by atoms with Gasteiger partial charge in [0.05, 0.1) is 12.1 Å². The van der Waals surface area contributed by atoms with Crippen molar-refractivity contribution >= 4 is 11.8 Å². The number of nitrogens with one attached hydrogen (secondary N) is 1. The Hall–Kier alpha value is -2.67. The van der Waals surface area contributed by atoms with Crippen LogP contribution in [0.25, 0.3) is 0 Å². The van der Waals surface area contributed by atoms with Crippen LogP contribution >= 0.6 is 0 Å². The van der Waals surface area contributed by atoms with Crippen LogP contribution < -0.4 is 10.1 Å². The number of rotatable bonds is 4. The lowest BCUT2D eigenvalue weighted by Crippen LogP contribution is -2.45. The van der Waals surface area contributed by atoms with Crippen LogP contribution in [0, 0.1) is 5.92 Å². The lowest BCUT2D eigenvalue weighted by atomic mass is 10.1. The number of aromatic nitrogens is 2. The van der Waals surface area contributed by atoms with Crippen LogP contribution in [0.3, 0.4) is 0 Å². The van der Waals surface area contributed by atoms with E-state index in [0.717, 1.165) is 18.6 Å². The van der Waals surface area contributed by atoms with Crippen molar-refractivity contribution in [3.8, 4) is 5.75 Å². The first-order valence-corrected chi connectivity index (χ1v) is 8.40. The molecule has 25 heavy (non-hydrogen) atoms. The molecule has 2 fully saturated rings. The molecule has 1 aliphatic carbocycles. The highest BCUT2D eigenvalue weighted by Gasteiger charge is 2.56. The standard InChI is InChI=1S/C18H20N4O3/c23-17(22-9-7-13-10-18(13,24)12-22)21-15-6-8-19-16(20-15)11-25-14-4-2-1-3-5-14/h1-6,8,13,24H,7,9-12H2,(H,19,20,21,23)/t13-,18+/m1/s1. The van der Waals surface area contributed by atoms with E-state index in [1.165, 1.54) is 0 Å². The zero-order valence-corrected chi connectivity index (χ0v) is 13.8. The lowest BCUT2D eigenvalue weighted by molar-refractivity contribution is 0.0672. The molecule has 1 aromatic carbocycles. The van der Waals surface area contributed by atoms with Gasteiger partial charge in [0, 0.05) is 12.7 Å². The molecule has 1 saturated heterocycles. The predicted octanol–water partition coefficient (Wildman–Crippen LogP) is 2.04. The van der Waals surface area contributed by atoms with Gasteiger partial charge in [-0.2, -0.15) is 0 Å². The second-order valence-corrected chi connectivity index (χ2v) is 6.60. The second kappa shape index (κ2) is 6.33. The minimum Gasteiger partial charge on any atom is -0.486 e. The van der Waals surface area contributed by atoms with Crippen LogP contribution in [-0.4, -0.2) is 44.7 Å². The quantitative estimate of drug-likeness (QED) is 0.889. The van der Waals surface area contributed by atoms with Gasteiger partial charge >= 0.3 is 6.03 Å². The third kappa shape index (κ3) is 3.56. The molecule has 1 aliphatic heterocycles. The fourth-order valence-corrected chi connectivity index (χ4v) is 3.22. The van der Waals surface area contributed by atoms with Gasteiger partial charge in [-0.3, -0.25) is 5.32 Å². The maximum atomic E-state index is 12.4. The first-order chi connectivity index (χ1) is 12.1. The van der Waals surface area contributed by atoms with Gasteiger partial charge in [0.25, 0.3) is 0 Å². The number of ether oxygens (including phenoxy) is 1. The largest absolute Gasteiger partial charge is 0.486 e. The summed E-state index contributed by atoms with van der Waals surface area (Å²) in [4.78, 5) is 22.5. The molecule has 2 N–H and O–H groups in total. The Balaban J connectivity index is 1.35. The van der Waals surface area contributed by atoms with E-state index in [4.69, 9.17) is 4.74 Å². The van der Waals surface area contributed by atoms with Crippen molar-refractivity contribution in [2.24, 2.45) is 5.92 Å². The van der Waals surface area contributed by atoms with Crippen LogP contribution in [0.4, 0.5) is 10.6 Å².